The van der Waals surface area contributed by atoms with Gasteiger partial charge in [0.05, 0.1) is 0 Å². The second-order valence-corrected chi connectivity index (χ2v) is 5.10. The SMILES string of the molecule is CCCC(CS)(CCC)Cn1nccc1C. The van der Waals surface area contributed by atoms with Gasteiger partial charge in [-0.3, -0.25) is 4.68 Å². The van der Waals surface area contributed by atoms with Gasteiger partial charge in [0.1, 0.15) is 0 Å². The normalized spacial score (nSPS) is 12.0. The van der Waals surface area contributed by atoms with Crippen LogP contribution < -0.4 is 0 Å². The maximum Gasteiger partial charge on any atom is 0.0492 e. The zero-order valence-corrected chi connectivity index (χ0v) is 11.6. The van der Waals surface area contributed by atoms with E-state index in [2.05, 4.69) is 49.2 Å². The molecule has 0 radical (unpaired) electrons. The fourth-order valence-electron chi connectivity index (χ4n) is 2.43. The van der Waals surface area contributed by atoms with Crippen molar-refractivity contribution in [3.05, 3.63) is 18.0 Å². The standard InChI is InChI=1S/C13H24N2S/c1-4-7-13(11-16,8-5-2)10-15-12(3)6-9-14-15/h6,9,16H,4-5,7-8,10-11H2,1-3H3. The molecule has 0 bridgehead atoms. The Morgan fingerprint density at radius 1 is 1.31 bits per heavy atom. The Morgan fingerprint density at radius 2 is 1.94 bits per heavy atom. The van der Waals surface area contributed by atoms with E-state index < -0.39 is 0 Å². The van der Waals surface area contributed by atoms with Gasteiger partial charge >= 0.3 is 0 Å². The minimum Gasteiger partial charge on any atom is -0.269 e. The van der Waals surface area contributed by atoms with Gasteiger partial charge in [0.25, 0.3) is 0 Å². The summed E-state index contributed by atoms with van der Waals surface area (Å²) < 4.78 is 2.13. The van der Waals surface area contributed by atoms with Gasteiger partial charge < -0.3 is 0 Å². The molecule has 0 aliphatic rings. The van der Waals surface area contributed by atoms with Crippen molar-refractivity contribution >= 4 is 12.6 Å². The Kier molecular flexibility index (Phi) is 5.39. The van der Waals surface area contributed by atoms with Crippen LogP contribution in [0.2, 0.25) is 0 Å². The highest BCUT2D eigenvalue weighted by molar-refractivity contribution is 7.80. The molecule has 0 spiro atoms. The lowest BCUT2D eigenvalue weighted by atomic mass is 9.81. The molecule has 1 rings (SSSR count). The lowest BCUT2D eigenvalue weighted by molar-refractivity contribution is 0.220. The van der Waals surface area contributed by atoms with Crippen LogP contribution in [-0.2, 0) is 6.54 Å². The Balaban J connectivity index is 2.80. The van der Waals surface area contributed by atoms with Crippen molar-refractivity contribution in [1.82, 2.24) is 9.78 Å². The number of hydrogen-bond acceptors (Lipinski definition) is 2. The Labute approximate surface area is 105 Å². The highest BCUT2D eigenvalue weighted by Gasteiger charge is 2.28. The maximum atomic E-state index is 4.57. The second-order valence-electron chi connectivity index (χ2n) is 4.79. The third-order valence-corrected chi connectivity index (χ3v) is 3.98. The Bertz CT molecular complexity index is 301. The van der Waals surface area contributed by atoms with Gasteiger partial charge in [-0.05, 0) is 37.0 Å². The molecule has 0 N–H and O–H groups in total. The predicted molar refractivity (Wildman–Crippen MR) is 73.1 cm³/mol. The van der Waals surface area contributed by atoms with Crippen LogP contribution in [0, 0.1) is 12.3 Å². The third-order valence-electron chi connectivity index (χ3n) is 3.31. The maximum absolute atomic E-state index is 4.57. The van der Waals surface area contributed by atoms with E-state index in [1.54, 1.807) is 0 Å². The average molecular weight is 240 g/mol. The fraction of sp³-hybridized carbons (Fsp3) is 0.769. The number of aryl methyl sites for hydroxylation is 1. The van der Waals surface area contributed by atoms with Crippen LogP contribution in [0.4, 0.5) is 0 Å². The Hall–Kier alpha value is -0.440. The molecule has 0 aliphatic heterocycles. The van der Waals surface area contributed by atoms with Gasteiger partial charge in [-0.1, -0.05) is 26.7 Å². The van der Waals surface area contributed by atoms with E-state index in [-0.39, 0.29) is 0 Å². The van der Waals surface area contributed by atoms with Gasteiger partial charge in [0, 0.05) is 18.4 Å². The molecule has 0 saturated heterocycles. The molecule has 0 atom stereocenters. The van der Waals surface area contributed by atoms with Crippen LogP contribution in [0.3, 0.4) is 0 Å². The smallest absolute Gasteiger partial charge is 0.0492 e. The van der Waals surface area contributed by atoms with Crippen molar-refractivity contribution in [2.75, 3.05) is 5.75 Å². The van der Waals surface area contributed by atoms with E-state index in [0.29, 0.717) is 5.41 Å². The number of nitrogens with zero attached hydrogens (tertiary/aromatic N) is 2. The minimum absolute atomic E-state index is 0.323. The topological polar surface area (TPSA) is 17.8 Å². The molecule has 0 unspecified atom stereocenters. The van der Waals surface area contributed by atoms with Crippen molar-refractivity contribution in [1.29, 1.82) is 0 Å². The predicted octanol–water partition coefficient (Wildman–Crippen LogP) is 3.71. The monoisotopic (exact) mass is 240 g/mol. The van der Waals surface area contributed by atoms with Crippen molar-refractivity contribution in [3.8, 4) is 0 Å². The van der Waals surface area contributed by atoms with Gasteiger partial charge in [-0.25, -0.2) is 0 Å². The number of rotatable bonds is 7. The molecular formula is C13H24N2S. The summed E-state index contributed by atoms with van der Waals surface area (Å²) in [6.07, 6.45) is 6.81. The van der Waals surface area contributed by atoms with Crippen LogP contribution in [0.1, 0.15) is 45.2 Å². The summed E-state index contributed by atoms with van der Waals surface area (Å²) in [4.78, 5) is 0. The van der Waals surface area contributed by atoms with Crippen LogP contribution in [-0.4, -0.2) is 15.5 Å². The van der Waals surface area contributed by atoms with Crippen molar-refractivity contribution < 1.29 is 0 Å². The summed E-state index contributed by atoms with van der Waals surface area (Å²) in [7, 11) is 0. The fourth-order valence-corrected chi connectivity index (χ4v) is 2.85. The molecular weight excluding hydrogens is 216 g/mol. The van der Waals surface area contributed by atoms with Gasteiger partial charge in [0.15, 0.2) is 0 Å². The molecule has 16 heavy (non-hydrogen) atoms. The zero-order chi connectivity index (χ0) is 12.0. The van der Waals surface area contributed by atoms with Crippen LogP contribution in [0.15, 0.2) is 12.3 Å². The number of hydrogen-bond donors (Lipinski definition) is 1. The third kappa shape index (κ3) is 3.27. The first-order valence-corrected chi connectivity index (χ1v) is 6.90. The molecule has 3 heteroatoms. The van der Waals surface area contributed by atoms with E-state index in [4.69, 9.17) is 0 Å². The second kappa shape index (κ2) is 6.33. The molecule has 0 saturated carbocycles. The van der Waals surface area contributed by atoms with Crippen molar-refractivity contribution in [3.63, 3.8) is 0 Å². The number of thiol groups is 1. The summed E-state index contributed by atoms with van der Waals surface area (Å²) in [5.41, 5.74) is 1.57. The molecule has 0 aliphatic carbocycles. The van der Waals surface area contributed by atoms with E-state index in [9.17, 15) is 0 Å². The van der Waals surface area contributed by atoms with Crippen LogP contribution in [0.25, 0.3) is 0 Å². The lowest BCUT2D eigenvalue weighted by Crippen LogP contribution is -2.30. The molecule has 1 aromatic heterocycles. The molecule has 1 heterocycles. The summed E-state index contributed by atoms with van der Waals surface area (Å²) in [6.45, 7) is 7.64. The first-order chi connectivity index (χ1) is 7.67. The highest BCUT2D eigenvalue weighted by Crippen LogP contribution is 2.33. The van der Waals surface area contributed by atoms with Crippen LogP contribution >= 0.6 is 12.6 Å². The van der Waals surface area contributed by atoms with E-state index in [0.717, 1.165) is 12.3 Å². The van der Waals surface area contributed by atoms with Crippen LogP contribution in [0.5, 0.6) is 0 Å². The highest BCUT2D eigenvalue weighted by atomic mass is 32.1. The summed E-state index contributed by atoms with van der Waals surface area (Å²) in [6, 6.07) is 2.07. The van der Waals surface area contributed by atoms with E-state index in [1.807, 2.05) is 6.20 Å². The molecule has 0 amide bonds. The first kappa shape index (κ1) is 13.6. The largest absolute Gasteiger partial charge is 0.269 e. The van der Waals surface area contributed by atoms with Gasteiger partial charge in [0.2, 0.25) is 0 Å². The summed E-state index contributed by atoms with van der Waals surface area (Å²) in [5.74, 6) is 0.952. The summed E-state index contributed by atoms with van der Waals surface area (Å²) >= 11 is 4.57. The minimum atomic E-state index is 0.323. The van der Waals surface area contributed by atoms with Crippen molar-refractivity contribution in [2.24, 2.45) is 5.41 Å². The Morgan fingerprint density at radius 3 is 2.31 bits per heavy atom. The first-order valence-electron chi connectivity index (χ1n) is 6.26. The molecule has 0 fully saturated rings. The summed E-state index contributed by atoms with van der Waals surface area (Å²) in [5, 5.41) is 4.40. The quantitative estimate of drug-likeness (QED) is 0.719. The molecule has 1 aromatic rings. The average Bonchev–Trinajstić information content (AvgIpc) is 2.65. The van der Waals surface area contributed by atoms with Gasteiger partial charge in [-0.2, -0.15) is 17.7 Å². The zero-order valence-electron chi connectivity index (χ0n) is 10.7. The molecule has 92 valence electrons. The van der Waals surface area contributed by atoms with Crippen molar-refractivity contribution in [2.45, 2.75) is 53.0 Å². The van der Waals surface area contributed by atoms with E-state index in [1.165, 1.54) is 31.4 Å². The van der Waals surface area contributed by atoms with E-state index >= 15 is 0 Å². The lowest BCUT2D eigenvalue weighted by Gasteiger charge is -2.32. The molecule has 0 aromatic carbocycles. The van der Waals surface area contributed by atoms with Gasteiger partial charge in [-0.15, -0.1) is 0 Å². The number of aromatic nitrogens is 2. The molecule has 2 nitrogen and oxygen atoms in total.